The Hall–Kier alpha value is -2.68. The van der Waals surface area contributed by atoms with E-state index >= 15 is 0 Å². The van der Waals surface area contributed by atoms with Gasteiger partial charge in [-0.25, -0.2) is 4.79 Å². The van der Waals surface area contributed by atoms with Crippen LogP contribution in [0.4, 0.5) is 4.79 Å². The van der Waals surface area contributed by atoms with E-state index in [4.69, 9.17) is 15.7 Å². The molecule has 6 nitrogen and oxygen atoms in total. The van der Waals surface area contributed by atoms with Gasteiger partial charge in [0.2, 0.25) is 0 Å². The molecule has 0 aliphatic heterocycles. The Labute approximate surface area is 130 Å². The number of carbonyl (C=O) groups excluding carboxylic acids is 1. The van der Waals surface area contributed by atoms with Gasteiger partial charge in [0.05, 0.1) is 0 Å². The first kappa shape index (κ1) is 17.4. The van der Waals surface area contributed by atoms with E-state index in [9.17, 15) is 4.79 Å². The summed E-state index contributed by atoms with van der Waals surface area (Å²) in [6.45, 7) is 5.85. The van der Waals surface area contributed by atoms with E-state index in [0.717, 1.165) is 5.56 Å². The third-order valence-electron chi connectivity index (χ3n) is 2.44. The predicted molar refractivity (Wildman–Crippen MR) is 84.7 cm³/mol. The van der Waals surface area contributed by atoms with Gasteiger partial charge in [-0.3, -0.25) is 0 Å². The van der Waals surface area contributed by atoms with E-state index in [-0.39, 0.29) is 5.84 Å². The van der Waals surface area contributed by atoms with Crippen molar-refractivity contribution in [2.45, 2.75) is 32.8 Å². The summed E-state index contributed by atoms with van der Waals surface area (Å²) in [5, 5.41) is 14.1. The molecule has 0 saturated carbocycles. The minimum atomic E-state index is -0.503. The fourth-order valence-corrected chi connectivity index (χ4v) is 1.49. The molecule has 4 N–H and O–H groups in total. The van der Waals surface area contributed by atoms with E-state index in [1.165, 1.54) is 0 Å². The number of nitrogens with two attached hydrogens (primary N) is 1. The summed E-state index contributed by atoms with van der Waals surface area (Å²) in [5.41, 5.74) is 6.40. The lowest BCUT2D eigenvalue weighted by Gasteiger charge is -2.19. The summed E-state index contributed by atoms with van der Waals surface area (Å²) < 4.78 is 5.11. The van der Waals surface area contributed by atoms with Crippen molar-refractivity contribution >= 4 is 11.9 Å². The zero-order chi connectivity index (χ0) is 16.6. The van der Waals surface area contributed by atoms with Crippen LogP contribution in [0, 0.1) is 11.8 Å². The highest BCUT2D eigenvalue weighted by molar-refractivity contribution is 5.97. The number of alkyl carbamates (subject to hydrolysis) is 1. The number of carbonyl (C=O) groups is 1. The topological polar surface area (TPSA) is 96.9 Å². The molecule has 0 aliphatic rings. The molecule has 0 fully saturated rings. The Bertz CT molecular complexity index is 590. The second kappa shape index (κ2) is 7.93. The molecule has 0 heterocycles. The van der Waals surface area contributed by atoms with Gasteiger partial charge in [0.25, 0.3) is 0 Å². The summed E-state index contributed by atoms with van der Waals surface area (Å²) in [4.78, 5) is 11.4. The zero-order valence-electron chi connectivity index (χ0n) is 13.0. The van der Waals surface area contributed by atoms with Crippen molar-refractivity contribution < 1.29 is 14.7 Å². The summed E-state index contributed by atoms with van der Waals surface area (Å²) in [7, 11) is 0. The second-order valence-corrected chi connectivity index (χ2v) is 5.54. The number of ether oxygens (including phenoxy) is 1. The number of benzene rings is 1. The zero-order valence-corrected chi connectivity index (χ0v) is 13.0. The molecule has 1 amide bonds. The number of nitrogens with one attached hydrogen (secondary N) is 1. The van der Waals surface area contributed by atoms with Gasteiger partial charge in [-0.05, 0) is 45.0 Å². The first-order valence-electron chi connectivity index (χ1n) is 6.85. The Morgan fingerprint density at radius 1 is 1.36 bits per heavy atom. The molecule has 1 aromatic rings. The van der Waals surface area contributed by atoms with Crippen LogP contribution in [0.25, 0.3) is 0 Å². The highest BCUT2D eigenvalue weighted by Gasteiger charge is 2.15. The number of hydrogen-bond acceptors (Lipinski definition) is 4. The molecular weight excluding hydrogens is 282 g/mol. The Morgan fingerprint density at radius 2 is 2.00 bits per heavy atom. The van der Waals surface area contributed by atoms with Crippen LogP contribution in [0.15, 0.2) is 29.4 Å². The van der Waals surface area contributed by atoms with Crippen molar-refractivity contribution in [2.24, 2.45) is 10.9 Å². The van der Waals surface area contributed by atoms with E-state index in [0.29, 0.717) is 18.5 Å². The molecule has 0 saturated heterocycles. The van der Waals surface area contributed by atoms with Crippen LogP contribution in [0.5, 0.6) is 0 Å². The quantitative estimate of drug-likeness (QED) is 0.199. The lowest BCUT2D eigenvalue weighted by Crippen LogP contribution is -2.32. The van der Waals surface area contributed by atoms with Crippen LogP contribution in [0.1, 0.15) is 38.3 Å². The van der Waals surface area contributed by atoms with Gasteiger partial charge in [-0.1, -0.05) is 17.0 Å². The van der Waals surface area contributed by atoms with Gasteiger partial charge < -0.3 is 21.0 Å². The summed E-state index contributed by atoms with van der Waals surface area (Å²) >= 11 is 0. The maximum Gasteiger partial charge on any atom is 0.407 e. The molecule has 6 heteroatoms. The highest BCUT2D eigenvalue weighted by atomic mass is 16.6. The monoisotopic (exact) mass is 303 g/mol. The molecule has 0 bridgehead atoms. The van der Waals surface area contributed by atoms with Crippen molar-refractivity contribution in [3.8, 4) is 11.8 Å². The number of oxime groups is 1. The standard InChI is InChI=1S/C16H21N3O3/c1-16(2,3)22-15(20)18-11-5-4-6-12-7-9-13(10-8-12)14(17)19-21/h7-10,21H,5,11H2,1-3H3,(H2,17,19)(H,18,20). The fourth-order valence-electron chi connectivity index (χ4n) is 1.49. The highest BCUT2D eigenvalue weighted by Crippen LogP contribution is 2.06. The molecule has 22 heavy (non-hydrogen) atoms. The SMILES string of the molecule is CC(C)(C)OC(=O)NCCC#Cc1ccc(C(N)=NO)cc1. The van der Waals surface area contributed by atoms with Crippen molar-refractivity contribution in [1.82, 2.24) is 5.32 Å². The van der Waals surface area contributed by atoms with E-state index in [2.05, 4.69) is 22.3 Å². The first-order valence-corrected chi connectivity index (χ1v) is 6.85. The van der Waals surface area contributed by atoms with E-state index < -0.39 is 11.7 Å². The smallest absolute Gasteiger partial charge is 0.407 e. The maximum absolute atomic E-state index is 11.4. The minimum absolute atomic E-state index is 0.0565. The molecule has 0 spiro atoms. The van der Waals surface area contributed by atoms with Gasteiger partial charge >= 0.3 is 6.09 Å². The van der Waals surface area contributed by atoms with Crippen molar-refractivity contribution in [3.63, 3.8) is 0 Å². The van der Waals surface area contributed by atoms with Gasteiger partial charge in [0, 0.05) is 24.1 Å². The third-order valence-corrected chi connectivity index (χ3v) is 2.44. The largest absolute Gasteiger partial charge is 0.444 e. The number of amidine groups is 1. The molecule has 0 unspecified atom stereocenters. The van der Waals surface area contributed by atoms with Crippen LogP contribution in [0.2, 0.25) is 0 Å². The van der Waals surface area contributed by atoms with Crippen molar-refractivity contribution in [1.29, 1.82) is 0 Å². The number of hydrogen-bond donors (Lipinski definition) is 3. The summed E-state index contributed by atoms with van der Waals surface area (Å²) in [6, 6.07) is 7.00. The van der Waals surface area contributed by atoms with Gasteiger partial charge in [0.15, 0.2) is 5.84 Å². The van der Waals surface area contributed by atoms with Crippen molar-refractivity contribution in [3.05, 3.63) is 35.4 Å². The molecule has 0 radical (unpaired) electrons. The van der Waals surface area contributed by atoms with E-state index in [1.54, 1.807) is 24.3 Å². The summed E-state index contributed by atoms with van der Waals surface area (Å²) in [6.07, 6.45) is 0.0683. The molecule has 0 aliphatic carbocycles. The fraction of sp³-hybridized carbons (Fsp3) is 0.375. The average molecular weight is 303 g/mol. The molecule has 1 rings (SSSR count). The number of nitrogens with zero attached hydrogens (tertiary/aromatic N) is 1. The Kier molecular flexibility index (Phi) is 6.26. The first-order chi connectivity index (χ1) is 10.3. The van der Waals surface area contributed by atoms with Crippen molar-refractivity contribution in [2.75, 3.05) is 6.54 Å². The molecule has 0 atom stereocenters. The van der Waals surface area contributed by atoms with Crippen LogP contribution in [0.3, 0.4) is 0 Å². The number of rotatable bonds is 3. The second-order valence-electron chi connectivity index (χ2n) is 5.54. The van der Waals surface area contributed by atoms with E-state index in [1.807, 2.05) is 20.8 Å². The van der Waals surface area contributed by atoms with Gasteiger partial charge in [0.1, 0.15) is 5.60 Å². The lowest BCUT2D eigenvalue weighted by atomic mass is 10.1. The molecule has 0 aromatic heterocycles. The van der Waals surface area contributed by atoms with Crippen LogP contribution >= 0.6 is 0 Å². The minimum Gasteiger partial charge on any atom is -0.444 e. The summed E-state index contributed by atoms with van der Waals surface area (Å²) in [5.74, 6) is 5.97. The third kappa shape index (κ3) is 6.66. The molecular formula is C16H21N3O3. The Morgan fingerprint density at radius 3 is 2.55 bits per heavy atom. The van der Waals surface area contributed by atoms with Gasteiger partial charge in [-0.15, -0.1) is 0 Å². The Balaban J connectivity index is 2.40. The normalized spacial score (nSPS) is 11.3. The van der Waals surface area contributed by atoms with Crippen LogP contribution < -0.4 is 11.1 Å². The van der Waals surface area contributed by atoms with Crippen LogP contribution in [-0.2, 0) is 4.74 Å². The van der Waals surface area contributed by atoms with Crippen LogP contribution in [-0.4, -0.2) is 29.3 Å². The average Bonchev–Trinajstić information content (AvgIpc) is 2.45. The number of amides is 1. The lowest BCUT2D eigenvalue weighted by molar-refractivity contribution is 0.0529. The molecule has 118 valence electrons. The predicted octanol–water partition coefficient (Wildman–Crippen LogP) is 2.05. The van der Waals surface area contributed by atoms with Gasteiger partial charge in [-0.2, -0.15) is 0 Å². The maximum atomic E-state index is 11.4. The molecule has 1 aromatic carbocycles.